The average Bonchev–Trinajstić information content (AvgIpc) is 2.93. The number of benzene rings is 1. The standard InChI is InChI=1S/C13H18BrNO2S/c1-9-4-5-13(12(14)6-9)18(16,17)15(3)8-11-7-10(11)2/h4-6,10-11H,7-8H2,1-3H3. The fourth-order valence-electron chi connectivity index (χ4n) is 2.06. The first-order chi connectivity index (χ1) is 8.32. The van der Waals surface area contributed by atoms with Gasteiger partial charge in [0.2, 0.25) is 10.0 Å². The molecule has 1 aliphatic rings. The van der Waals surface area contributed by atoms with Crippen molar-refractivity contribution in [3.63, 3.8) is 0 Å². The second-order valence-corrected chi connectivity index (χ2v) is 8.06. The van der Waals surface area contributed by atoms with Crippen LogP contribution in [0.25, 0.3) is 0 Å². The SMILES string of the molecule is Cc1ccc(S(=O)(=O)N(C)CC2CC2C)c(Br)c1. The molecule has 18 heavy (non-hydrogen) atoms. The first-order valence-corrected chi connectivity index (χ1v) is 8.28. The van der Waals surface area contributed by atoms with Crippen LogP contribution in [0.5, 0.6) is 0 Å². The highest BCUT2D eigenvalue weighted by Crippen LogP contribution is 2.39. The van der Waals surface area contributed by atoms with E-state index in [-0.39, 0.29) is 0 Å². The van der Waals surface area contributed by atoms with E-state index in [0.29, 0.717) is 27.7 Å². The molecule has 0 heterocycles. The maximum absolute atomic E-state index is 12.4. The Morgan fingerprint density at radius 3 is 2.56 bits per heavy atom. The Morgan fingerprint density at radius 1 is 1.44 bits per heavy atom. The number of rotatable bonds is 4. The number of sulfonamides is 1. The van der Waals surface area contributed by atoms with E-state index in [9.17, 15) is 8.42 Å². The number of hydrogen-bond acceptors (Lipinski definition) is 2. The number of halogens is 1. The Morgan fingerprint density at radius 2 is 2.06 bits per heavy atom. The first-order valence-electron chi connectivity index (χ1n) is 6.05. The minimum Gasteiger partial charge on any atom is -0.207 e. The van der Waals surface area contributed by atoms with Crippen molar-refractivity contribution in [2.24, 2.45) is 11.8 Å². The maximum atomic E-state index is 12.4. The molecule has 2 rings (SSSR count). The van der Waals surface area contributed by atoms with Crippen molar-refractivity contribution in [3.8, 4) is 0 Å². The first kappa shape index (κ1) is 14.0. The Hall–Kier alpha value is -0.390. The van der Waals surface area contributed by atoms with Crippen LogP contribution in [0.3, 0.4) is 0 Å². The molecule has 0 amide bonds. The molecule has 1 fully saturated rings. The van der Waals surface area contributed by atoms with E-state index < -0.39 is 10.0 Å². The molecule has 3 nitrogen and oxygen atoms in total. The summed E-state index contributed by atoms with van der Waals surface area (Å²) in [6.07, 6.45) is 1.13. The molecule has 0 radical (unpaired) electrons. The van der Waals surface area contributed by atoms with Crippen LogP contribution in [0.1, 0.15) is 18.9 Å². The van der Waals surface area contributed by atoms with Gasteiger partial charge in [-0.2, -0.15) is 0 Å². The van der Waals surface area contributed by atoms with Gasteiger partial charge in [-0.05, 0) is 58.8 Å². The predicted molar refractivity (Wildman–Crippen MR) is 76.0 cm³/mol. The number of aryl methyl sites for hydroxylation is 1. The third-order valence-electron chi connectivity index (χ3n) is 3.54. The van der Waals surface area contributed by atoms with Crippen molar-refractivity contribution in [2.75, 3.05) is 13.6 Å². The quantitative estimate of drug-likeness (QED) is 0.850. The molecule has 0 spiro atoms. The van der Waals surface area contributed by atoms with Gasteiger partial charge in [-0.15, -0.1) is 0 Å². The number of nitrogens with zero attached hydrogens (tertiary/aromatic N) is 1. The maximum Gasteiger partial charge on any atom is 0.243 e. The van der Waals surface area contributed by atoms with E-state index >= 15 is 0 Å². The molecule has 5 heteroatoms. The van der Waals surface area contributed by atoms with Gasteiger partial charge < -0.3 is 0 Å². The molecule has 2 unspecified atom stereocenters. The topological polar surface area (TPSA) is 37.4 Å². The summed E-state index contributed by atoms with van der Waals surface area (Å²) in [6.45, 7) is 4.72. The smallest absolute Gasteiger partial charge is 0.207 e. The molecular formula is C13H18BrNO2S. The fourth-order valence-corrected chi connectivity index (χ4v) is 4.44. The lowest BCUT2D eigenvalue weighted by Gasteiger charge is -2.18. The van der Waals surface area contributed by atoms with E-state index in [1.807, 2.05) is 19.1 Å². The third-order valence-corrected chi connectivity index (χ3v) is 6.34. The van der Waals surface area contributed by atoms with Gasteiger partial charge in [0.25, 0.3) is 0 Å². The Balaban J connectivity index is 2.24. The van der Waals surface area contributed by atoms with Gasteiger partial charge in [0.05, 0.1) is 4.90 Å². The molecule has 100 valence electrons. The van der Waals surface area contributed by atoms with Crippen LogP contribution < -0.4 is 0 Å². The molecule has 0 bridgehead atoms. The predicted octanol–water partition coefficient (Wildman–Crippen LogP) is 3.03. The highest BCUT2D eigenvalue weighted by molar-refractivity contribution is 9.10. The second-order valence-electron chi connectivity index (χ2n) is 5.19. The molecule has 0 aromatic heterocycles. The summed E-state index contributed by atoms with van der Waals surface area (Å²) in [5.41, 5.74) is 1.04. The van der Waals surface area contributed by atoms with Crippen LogP contribution in [0.2, 0.25) is 0 Å². The Labute approximate surface area is 117 Å². The van der Waals surface area contributed by atoms with Crippen molar-refractivity contribution in [2.45, 2.75) is 25.2 Å². The Bertz CT molecular complexity index is 556. The average molecular weight is 332 g/mol. The van der Waals surface area contributed by atoms with Gasteiger partial charge in [-0.25, -0.2) is 12.7 Å². The van der Waals surface area contributed by atoms with Gasteiger partial charge in [-0.3, -0.25) is 0 Å². The van der Waals surface area contributed by atoms with Crippen LogP contribution in [-0.4, -0.2) is 26.3 Å². The van der Waals surface area contributed by atoms with E-state index in [4.69, 9.17) is 0 Å². The van der Waals surface area contributed by atoms with Crippen LogP contribution in [0.15, 0.2) is 27.6 Å². The zero-order valence-corrected chi connectivity index (χ0v) is 13.3. The van der Waals surface area contributed by atoms with Crippen LogP contribution in [-0.2, 0) is 10.0 Å². The van der Waals surface area contributed by atoms with E-state index in [0.717, 1.165) is 12.0 Å². The largest absolute Gasteiger partial charge is 0.243 e. The van der Waals surface area contributed by atoms with E-state index in [1.165, 1.54) is 4.31 Å². The fraction of sp³-hybridized carbons (Fsp3) is 0.538. The highest BCUT2D eigenvalue weighted by Gasteiger charge is 2.36. The van der Waals surface area contributed by atoms with Gasteiger partial charge in [0, 0.05) is 18.1 Å². The monoisotopic (exact) mass is 331 g/mol. The molecule has 2 atom stereocenters. The molecule has 1 aromatic carbocycles. The lowest BCUT2D eigenvalue weighted by Crippen LogP contribution is -2.29. The summed E-state index contributed by atoms with van der Waals surface area (Å²) in [5.74, 6) is 1.18. The normalized spacial score (nSPS) is 23.4. The lowest BCUT2D eigenvalue weighted by atomic mass is 10.2. The summed E-state index contributed by atoms with van der Waals surface area (Å²) in [4.78, 5) is 0.351. The lowest BCUT2D eigenvalue weighted by molar-refractivity contribution is 0.444. The van der Waals surface area contributed by atoms with Gasteiger partial charge in [-0.1, -0.05) is 13.0 Å². The zero-order valence-electron chi connectivity index (χ0n) is 10.9. The summed E-state index contributed by atoms with van der Waals surface area (Å²) in [5, 5.41) is 0. The molecule has 1 aliphatic carbocycles. The molecular weight excluding hydrogens is 314 g/mol. The molecule has 0 aliphatic heterocycles. The highest BCUT2D eigenvalue weighted by atomic mass is 79.9. The van der Waals surface area contributed by atoms with Gasteiger partial charge in [0.15, 0.2) is 0 Å². The molecule has 0 N–H and O–H groups in total. The van der Waals surface area contributed by atoms with Gasteiger partial charge >= 0.3 is 0 Å². The van der Waals surface area contributed by atoms with E-state index in [1.54, 1.807) is 13.1 Å². The van der Waals surface area contributed by atoms with Crippen LogP contribution >= 0.6 is 15.9 Å². The third kappa shape index (κ3) is 2.78. The van der Waals surface area contributed by atoms with Crippen molar-refractivity contribution in [1.29, 1.82) is 0 Å². The van der Waals surface area contributed by atoms with Gasteiger partial charge in [0.1, 0.15) is 0 Å². The summed E-state index contributed by atoms with van der Waals surface area (Å²) in [7, 11) is -1.72. The second kappa shape index (κ2) is 4.94. The zero-order chi connectivity index (χ0) is 13.5. The minimum atomic E-state index is -3.38. The van der Waals surface area contributed by atoms with Crippen molar-refractivity contribution < 1.29 is 8.42 Å². The molecule has 1 saturated carbocycles. The van der Waals surface area contributed by atoms with E-state index in [2.05, 4.69) is 22.9 Å². The summed E-state index contributed by atoms with van der Waals surface area (Å²) < 4.78 is 27.0. The Kier molecular flexibility index (Phi) is 3.85. The van der Waals surface area contributed by atoms with Crippen molar-refractivity contribution >= 4 is 26.0 Å². The number of hydrogen-bond donors (Lipinski definition) is 0. The summed E-state index contributed by atoms with van der Waals surface area (Å²) in [6, 6.07) is 5.33. The van der Waals surface area contributed by atoms with Crippen LogP contribution in [0, 0.1) is 18.8 Å². The van der Waals surface area contributed by atoms with Crippen molar-refractivity contribution in [1.82, 2.24) is 4.31 Å². The molecule has 1 aromatic rings. The molecule has 0 saturated heterocycles. The summed E-state index contributed by atoms with van der Waals surface area (Å²) >= 11 is 3.34. The minimum absolute atomic E-state index is 0.351. The van der Waals surface area contributed by atoms with Crippen molar-refractivity contribution in [3.05, 3.63) is 28.2 Å². The van der Waals surface area contributed by atoms with Crippen LogP contribution in [0.4, 0.5) is 0 Å².